The molecular formula is C24H18ClFN2O4. The van der Waals surface area contributed by atoms with E-state index in [0.717, 1.165) is 5.56 Å². The predicted molar refractivity (Wildman–Crippen MR) is 119 cm³/mol. The molecule has 0 radical (unpaired) electrons. The number of rotatable bonds is 6. The molecule has 162 valence electrons. The fourth-order valence-electron chi connectivity index (χ4n) is 3.18. The zero-order valence-corrected chi connectivity index (χ0v) is 17.7. The molecular weight excluding hydrogens is 435 g/mol. The molecule has 0 unspecified atom stereocenters. The van der Waals surface area contributed by atoms with E-state index in [-0.39, 0.29) is 23.0 Å². The topological polar surface area (TPSA) is 67.9 Å². The quantitative estimate of drug-likeness (QED) is 0.441. The summed E-state index contributed by atoms with van der Waals surface area (Å²) in [5.74, 6) is -0.706. The average molecular weight is 453 g/mol. The lowest BCUT2D eigenvalue weighted by molar-refractivity contribution is -0.117. The normalized spacial score (nSPS) is 14.6. The maximum Gasteiger partial charge on any atom is 0.282 e. The number of ether oxygens (including phenoxy) is 2. The minimum absolute atomic E-state index is 0.0352. The lowest BCUT2D eigenvalue weighted by atomic mass is 10.1. The first-order valence-electron chi connectivity index (χ1n) is 9.63. The van der Waals surface area contributed by atoms with Crippen LogP contribution < -0.4 is 19.9 Å². The molecule has 1 heterocycles. The molecule has 32 heavy (non-hydrogen) atoms. The number of anilines is 1. The molecule has 1 N–H and O–H groups in total. The second-order valence-electron chi connectivity index (χ2n) is 6.92. The smallest absolute Gasteiger partial charge is 0.282 e. The van der Waals surface area contributed by atoms with Gasteiger partial charge >= 0.3 is 0 Å². The third-order valence-electron chi connectivity index (χ3n) is 4.77. The number of carbonyl (C=O) groups is 2. The summed E-state index contributed by atoms with van der Waals surface area (Å²) < 4.78 is 24.2. The van der Waals surface area contributed by atoms with Crippen LogP contribution in [0.2, 0.25) is 5.02 Å². The largest absolute Gasteiger partial charge is 0.493 e. The Morgan fingerprint density at radius 1 is 1.06 bits per heavy atom. The SMILES string of the molecule is COc1cc(/C=C2/C(=O)NN(c3ccccc3)C2=O)cc(Cl)c1OCc1ccc(F)cc1. The highest BCUT2D eigenvalue weighted by Crippen LogP contribution is 2.38. The fourth-order valence-corrected chi connectivity index (χ4v) is 3.46. The third-order valence-corrected chi connectivity index (χ3v) is 5.05. The van der Waals surface area contributed by atoms with Crippen LogP contribution in [0.1, 0.15) is 11.1 Å². The van der Waals surface area contributed by atoms with Gasteiger partial charge in [-0.05, 0) is 53.6 Å². The molecule has 8 heteroatoms. The first kappa shape index (κ1) is 21.4. The summed E-state index contributed by atoms with van der Waals surface area (Å²) in [7, 11) is 1.46. The molecule has 4 rings (SSSR count). The number of hydrazine groups is 1. The van der Waals surface area contributed by atoms with Gasteiger partial charge in [-0.2, -0.15) is 0 Å². The van der Waals surface area contributed by atoms with Crippen LogP contribution in [0.15, 0.2) is 72.3 Å². The number of para-hydroxylation sites is 1. The van der Waals surface area contributed by atoms with E-state index in [1.807, 2.05) is 6.07 Å². The zero-order valence-electron chi connectivity index (χ0n) is 17.0. The highest BCUT2D eigenvalue weighted by molar-refractivity contribution is 6.33. The van der Waals surface area contributed by atoms with Gasteiger partial charge in [-0.3, -0.25) is 15.0 Å². The van der Waals surface area contributed by atoms with E-state index in [1.54, 1.807) is 48.5 Å². The molecule has 1 aliphatic rings. The van der Waals surface area contributed by atoms with Crippen LogP contribution >= 0.6 is 11.6 Å². The Hall–Kier alpha value is -3.84. The molecule has 0 aliphatic carbocycles. The van der Waals surface area contributed by atoms with Crippen LogP contribution in [0.3, 0.4) is 0 Å². The summed E-state index contributed by atoms with van der Waals surface area (Å²) in [6, 6.07) is 17.9. The van der Waals surface area contributed by atoms with Crippen LogP contribution in [0.4, 0.5) is 10.1 Å². The highest BCUT2D eigenvalue weighted by Gasteiger charge is 2.34. The molecule has 0 aromatic heterocycles. The van der Waals surface area contributed by atoms with Gasteiger partial charge in [0.1, 0.15) is 18.0 Å². The van der Waals surface area contributed by atoms with Crippen LogP contribution in [0.25, 0.3) is 6.08 Å². The van der Waals surface area contributed by atoms with Crippen molar-refractivity contribution in [2.45, 2.75) is 6.61 Å². The minimum Gasteiger partial charge on any atom is -0.493 e. The molecule has 0 bridgehead atoms. The molecule has 3 aromatic carbocycles. The van der Waals surface area contributed by atoms with Crippen LogP contribution in [0, 0.1) is 5.82 Å². The van der Waals surface area contributed by atoms with Gasteiger partial charge in [-0.25, -0.2) is 9.40 Å². The predicted octanol–water partition coefficient (Wildman–Crippen LogP) is 4.53. The van der Waals surface area contributed by atoms with Crippen molar-refractivity contribution in [3.05, 3.63) is 94.3 Å². The lowest BCUT2D eigenvalue weighted by Gasteiger charge is -2.14. The summed E-state index contributed by atoms with van der Waals surface area (Å²) in [6.45, 7) is 0.156. The maximum atomic E-state index is 13.1. The molecule has 1 fully saturated rings. The van der Waals surface area contributed by atoms with E-state index in [9.17, 15) is 14.0 Å². The van der Waals surface area contributed by atoms with Crippen molar-refractivity contribution >= 4 is 35.2 Å². The number of nitrogens with one attached hydrogen (secondary N) is 1. The molecule has 0 saturated carbocycles. The van der Waals surface area contributed by atoms with E-state index in [2.05, 4.69) is 5.43 Å². The highest BCUT2D eigenvalue weighted by atomic mass is 35.5. The molecule has 3 aromatic rings. The molecule has 1 saturated heterocycles. The fraction of sp³-hybridized carbons (Fsp3) is 0.0833. The molecule has 2 amide bonds. The van der Waals surface area contributed by atoms with Crippen molar-refractivity contribution in [2.75, 3.05) is 12.1 Å². The van der Waals surface area contributed by atoms with Crippen molar-refractivity contribution in [3.63, 3.8) is 0 Å². The van der Waals surface area contributed by atoms with E-state index in [4.69, 9.17) is 21.1 Å². The monoisotopic (exact) mass is 452 g/mol. The van der Waals surface area contributed by atoms with E-state index >= 15 is 0 Å². The Bertz CT molecular complexity index is 1200. The molecule has 6 nitrogen and oxygen atoms in total. The second-order valence-corrected chi connectivity index (χ2v) is 7.33. The number of amides is 2. The van der Waals surface area contributed by atoms with Crippen LogP contribution in [-0.2, 0) is 16.2 Å². The van der Waals surface area contributed by atoms with Crippen molar-refractivity contribution in [3.8, 4) is 11.5 Å². The van der Waals surface area contributed by atoms with Gasteiger partial charge in [0.15, 0.2) is 11.5 Å². The van der Waals surface area contributed by atoms with Gasteiger partial charge in [0, 0.05) is 0 Å². The Morgan fingerprint density at radius 3 is 2.47 bits per heavy atom. The van der Waals surface area contributed by atoms with E-state index in [0.29, 0.717) is 22.7 Å². The van der Waals surface area contributed by atoms with Gasteiger partial charge in [0.25, 0.3) is 11.8 Å². The van der Waals surface area contributed by atoms with Crippen LogP contribution in [0.5, 0.6) is 11.5 Å². The standard InChI is InChI=1S/C24H18ClFN2O4/c1-31-21-13-16(12-20(25)22(21)32-14-15-7-9-17(26)10-8-15)11-19-23(29)27-28(24(19)30)18-5-3-2-4-6-18/h2-13H,14H2,1H3,(H,27,29)/b19-11-. The van der Waals surface area contributed by atoms with Gasteiger partial charge in [-0.15, -0.1) is 0 Å². The summed E-state index contributed by atoms with van der Waals surface area (Å²) in [4.78, 5) is 25.2. The summed E-state index contributed by atoms with van der Waals surface area (Å²) in [6.07, 6.45) is 1.44. The Balaban J connectivity index is 1.58. The molecule has 1 aliphatic heterocycles. The Kier molecular flexibility index (Phi) is 6.09. The number of hydrogen-bond acceptors (Lipinski definition) is 4. The summed E-state index contributed by atoms with van der Waals surface area (Å²) in [5.41, 5.74) is 4.31. The summed E-state index contributed by atoms with van der Waals surface area (Å²) in [5, 5.41) is 1.43. The van der Waals surface area contributed by atoms with Gasteiger partial charge < -0.3 is 9.47 Å². The summed E-state index contributed by atoms with van der Waals surface area (Å²) >= 11 is 6.40. The van der Waals surface area contributed by atoms with Crippen LogP contribution in [-0.4, -0.2) is 18.9 Å². The number of methoxy groups -OCH3 is 1. The molecule has 0 atom stereocenters. The van der Waals surface area contributed by atoms with Crippen molar-refractivity contribution < 1.29 is 23.5 Å². The van der Waals surface area contributed by atoms with Gasteiger partial charge in [0.05, 0.1) is 17.8 Å². The van der Waals surface area contributed by atoms with Crippen molar-refractivity contribution in [1.29, 1.82) is 0 Å². The van der Waals surface area contributed by atoms with Gasteiger partial charge in [-0.1, -0.05) is 41.9 Å². The number of nitrogens with zero attached hydrogens (tertiary/aromatic N) is 1. The van der Waals surface area contributed by atoms with Gasteiger partial charge in [0.2, 0.25) is 0 Å². The number of hydrogen-bond donors (Lipinski definition) is 1. The molecule has 0 spiro atoms. The lowest BCUT2D eigenvalue weighted by Crippen LogP contribution is -2.35. The third kappa shape index (κ3) is 4.43. The van der Waals surface area contributed by atoms with Crippen molar-refractivity contribution in [2.24, 2.45) is 0 Å². The maximum absolute atomic E-state index is 13.1. The first-order valence-corrected chi connectivity index (χ1v) is 10.0. The van der Waals surface area contributed by atoms with E-state index in [1.165, 1.54) is 30.3 Å². The number of halogens is 2. The number of carbonyl (C=O) groups excluding carboxylic acids is 2. The Labute approximate surface area is 188 Å². The minimum atomic E-state index is -0.523. The Morgan fingerprint density at radius 2 is 1.78 bits per heavy atom. The van der Waals surface area contributed by atoms with Crippen molar-refractivity contribution in [1.82, 2.24) is 5.43 Å². The zero-order chi connectivity index (χ0) is 22.7. The average Bonchev–Trinajstić information content (AvgIpc) is 3.08. The first-order chi connectivity index (χ1) is 15.5. The second kappa shape index (κ2) is 9.11. The van der Waals surface area contributed by atoms with E-state index < -0.39 is 11.8 Å². The number of benzene rings is 3.